The van der Waals surface area contributed by atoms with Gasteiger partial charge in [-0.05, 0) is 26.2 Å². The van der Waals surface area contributed by atoms with Crippen molar-refractivity contribution in [1.29, 1.82) is 0 Å². The molecule has 0 aliphatic carbocycles. The van der Waals surface area contributed by atoms with E-state index >= 15 is 0 Å². The number of nitrogens with one attached hydrogen (secondary N) is 1. The first-order chi connectivity index (χ1) is 7.35. The summed E-state index contributed by atoms with van der Waals surface area (Å²) in [4.78, 5) is 14.1. The Kier molecular flexibility index (Phi) is 4.33. The molecule has 1 aliphatic rings. The highest BCUT2D eigenvalue weighted by Gasteiger charge is 2.37. The first kappa shape index (κ1) is 13.5. The SMILES string of the molecule is CC(C)CN1CC(C)(C)NC(=O)C1CCO. The van der Waals surface area contributed by atoms with Crippen LogP contribution in [0.25, 0.3) is 0 Å². The molecule has 0 aromatic carbocycles. The Morgan fingerprint density at radius 3 is 2.69 bits per heavy atom. The molecule has 1 amide bonds. The van der Waals surface area contributed by atoms with Crippen LogP contribution in [0.3, 0.4) is 0 Å². The van der Waals surface area contributed by atoms with E-state index in [1.165, 1.54) is 0 Å². The third kappa shape index (κ3) is 3.46. The van der Waals surface area contributed by atoms with Gasteiger partial charge < -0.3 is 10.4 Å². The van der Waals surface area contributed by atoms with Gasteiger partial charge in [0.25, 0.3) is 0 Å². The Labute approximate surface area is 98.0 Å². The molecule has 16 heavy (non-hydrogen) atoms. The molecular weight excluding hydrogens is 204 g/mol. The maximum atomic E-state index is 11.9. The van der Waals surface area contributed by atoms with Crippen LogP contribution >= 0.6 is 0 Å². The molecule has 1 atom stereocenters. The molecule has 0 aromatic heterocycles. The van der Waals surface area contributed by atoms with Gasteiger partial charge in [-0.15, -0.1) is 0 Å². The van der Waals surface area contributed by atoms with E-state index in [9.17, 15) is 4.79 Å². The van der Waals surface area contributed by atoms with Gasteiger partial charge >= 0.3 is 0 Å². The number of carbonyl (C=O) groups excluding carboxylic acids is 1. The predicted octanol–water partition coefficient (Wildman–Crippen LogP) is 0.604. The highest BCUT2D eigenvalue weighted by molar-refractivity contribution is 5.83. The first-order valence-electron chi connectivity index (χ1n) is 6.02. The van der Waals surface area contributed by atoms with Crippen LogP contribution in [0.15, 0.2) is 0 Å². The second-order valence-corrected chi connectivity index (χ2v) is 5.72. The maximum Gasteiger partial charge on any atom is 0.237 e. The number of amides is 1. The zero-order valence-corrected chi connectivity index (χ0v) is 10.8. The molecule has 0 aromatic rings. The Balaban J connectivity index is 2.75. The van der Waals surface area contributed by atoms with Crippen molar-refractivity contribution >= 4 is 5.91 Å². The third-order valence-corrected chi connectivity index (χ3v) is 2.81. The molecule has 4 nitrogen and oxygen atoms in total. The summed E-state index contributed by atoms with van der Waals surface area (Å²) in [6, 6.07) is -0.166. The topological polar surface area (TPSA) is 52.6 Å². The van der Waals surface area contributed by atoms with Crippen molar-refractivity contribution in [2.45, 2.75) is 45.7 Å². The summed E-state index contributed by atoms with van der Waals surface area (Å²) in [6.45, 7) is 10.2. The number of rotatable bonds is 4. The Hall–Kier alpha value is -0.610. The minimum Gasteiger partial charge on any atom is -0.396 e. The molecule has 1 fully saturated rings. The van der Waals surface area contributed by atoms with Crippen molar-refractivity contribution in [3.05, 3.63) is 0 Å². The van der Waals surface area contributed by atoms with Crippen molar-refractivity contribution in [2.24, 2.45) is 5.92 Å². The van der Waals surface area contributed by atoms with Crippen LogP contribution in [0, 0.1) is 5.92 Å². The molecule has 94 valence electrons. The van der Waals surface area contributed by atoms with E-state index in [0.717, 1.165) is 13.1 Å². The minimum atomic E-state index is -0.169. The van der Waals surface area contributed by atoms with Gasteiger partial charge in [0.15, 0.2) is 0 Å². The van der Waals surface area contributed by atoms with Crippen LogP contribution in [0.2, 0.25) is 0 Å². The number of carbonyl (C=O) groups is 1. The van der Waals surface area contributed by atoms with Gasteiger partial charge in [-0.3, -0.25) is 9.69 Å². The van der Waals surface area contributed by atoms with E-state index in [1.54, 1.807) is 0 Å². The predicted molar refractivity (Wildman–Crippen MR) is 64.1 cm³/mol. The molecule has 0 spiro atoms. The summed E-state index contributed by atoms with van der Waals surface area (Å²) in [5.41, 5.74) is -0.169. The first-order valence-corrected chi connectivity index (χ1v) is 6.02. The fourth-order valence-corrected chi connectivity index (χ4v) is 2.34. The molecule has 0 bridgehead atoms. The zero-order valence-electron chi connectivity index (χ0n) is 10.8. The Morgan fingerprint density at radius 2 is 2.19 bits per heavy atom. The molecule has 1 rings (SSSR count). The van der Waals surface area contributed by atoms with E-state index in [4.69, 9.17) is 5.11 Å². The fourth-order valence-electron chi connectivity index (χ4n) is 2.34. The zero-order chi connectivity index (χ0) is 12.3. The molecule has 1 aliphatic heterocycles. The third-order valence-electron chi connectivity index (χ3n) is 2.81. The largest absolute Gasteiger partial charge is 0.396 e. The maximum absolute atomic E-state index is 11.9. The Bertz CT molecular complexity index is 251. The van der Waals surface area contributed by atoms with E-state index in [2.05, 4.69) is 24.1 Å². The molecular formula is C12H24N2O2. The van der Waals surface area contributed by atoms with Crippen LogP contribution in [-0.2, 0) is 4.79 Å². The average molecular weight is 228 g/mol. The lowest BCUT2D eigenvalue weighted by Gasteiger charge is -2.44. The van der Waals surface area contributed by atoms with Crippen molar-refractivity contribution in [3.8, 4) is 0 Å². The number of piperazine rings is 1. The standard InChI is InChI=1S/C12H24N2O2/c1-9(2)7-14-8-12(3,4)13-11(16)10(14)5-6-15/h9-10,15H,5-8H2,1-4H3,(H,13,16). The molecule has 0 saturated carbocycles. The lowest BCUT2D eigenvalue weighted by atomic mass is 9.95. The summed E-state index contributed by atoms with van der Waals surface area (Å²) in [6.07, 6.45) is 0.522. The number of aliphatic hydroxyl groups is 1. The van der Waals surface area contributed by atoms with Gasteiger partial charge in [-0.1, -0.05) is 13.8 Å². The normalized spacial score (nSPS) is 25.9. The minimum absolute atomic E-state index is 0.0472. The second kappa shape index (κ2) is 5.15. The molecule has 0 radical (unpaired) electrons. The lowest BCUT2D eigenvalue weighted by Crippen LogP contribution is -2.65. The second-order valence-electron chi connectivity index (χ2n) is 5.72. The van der Waals surface area contributed by atoms with Gasteiger partial charge in [-0.25, -0.2) is 0 Å². The van der Waals surface area contributed by atoms with E-state index in [1.807, 2.05) is 13.8 Å². The van der Waals surface area contributed by atoms with Crippen LogP contribution in [0.1, 0.15) is 34.1 Å². The summed E-state index contributed by atoms with van der Waals surface area (Å²) in [5, 5.41) is 12.0. The molecule has 1 heterocycles. The monoisotopic (exact) mass is 228 g/mol. The number of hydrogen-bond acceptors (Lipinski definition) is 3. The summed E-state index contributed by atoms with van der Waals surface area (Å²) in [7, 11) is 0. The molecule has 1 unspecified atom stereocenters. The summed E-state index contributed by atoms with van der Waals surface area (Å²) < 4.78 is 0. The molecule has 2 N–H and O–H groups in total. The smallest absolute Gasteiger partial charge is 0.237 e. The van der Waals surface area contributed by atoms with E-state index in [0.29, 0.717) is 12.3 Å². The Morgan fingerprint density at radius 1 is 1.56 bits per heavy atom. The van der Waals surface area contributed by atoms with Gasteiger partial charge in [0.1, 0.15) is 0 Å². The van der Waals surface area contributed by atoms with E-state index in [-0.39, 0.29) is 24.1 Å². The van der Waals surface area contributed by atoms with Crippen LogP contribution in [-0.4, -0.2) is 47.2 Å². The van der Waals surface area contributed by atoms with Gasteiger partial charge in [0.2, 0.25) is 5.91 Å². The van der Waals surface area contributed by atoms with E-state index < -0.39 is 0 Å². The van der Waals surface area contributed by atoms with Crippen LogP contribution in [0.4, 0.5) is 0 Å². The van der Waals surface area contributed by atoms with Gasteiger partial charge in [-0.2, -0.15) is 0 Å². The van der Waals surface area contributed by atoms with Crippen molar-refractivity contribution < 1.29 is 9.90 Å². The molecule has 1 saturated heterocycles. The summed E-state index contributed by atoms with van der Waals surface area (Å²) in [5.74, 6) is 0.578. The van der Waals surface area contributed by atoms with Gasteiger partial charge in [0, 0.05) is 25.2 Å². The number of hydrogen-bond donors (Lipinski definition) is 2. The van der Waals surface area contributed by atoms with Crippen molar-refractivity contribution in [1.82, 2.24) is 10.2 Å². The van der Waals surface area contributed by atoms with Crippen LogP contribution < -0.4 is 5.32 Å². The number of aliphatic hydroxyl groups excluding tert-OH is 1. The fraction of sp³-hybridized carbons (Fsp3) is 0.917. The molecule has 4 heteroatoms. The van der Waals surface area contributed by atoms with Crippen molar-refractivity contribution in [3.63, 3.8) is 0 Å². The quantitative estimate of drug-likeness (QED) is 0.741. The highest BCUT2D eigenvalue weighted by Crippen LogP contribution is 2.19. The van der Waals surface area contributed by atoms with Gasteiger partial charge in [0.05, 0.1) is 6.04 Å². The van der Waals surface area contributed by atoms with Crippen molar-refractivity contribution in [2.75, 3.05) is 19.7 Å². The highest BCUT2D eigenvalue weighted by atomic mass is 16.3. The van der Waals surface area contributed by atoms with Crippen LogP contribution in [0.5, 0.6) is 0 Å². The number of nitrogens with zero attached hydrogens (tertiary/aromatic N) is 1. The average Bonchev–Trinajstić information content (AvgIpc) is 2.08. The lowest BCUT2D eigenvalue weighted by molar-refractivity contribution is -0.133. The summed E-state index contributed by atoms with van der Waals surface area (Å²) >= 11 is 0.